The van der Waals surface area contributed by atoms with Gasteiger partial charge in [0, 0.05) is 19.5 Å². The lowest BCUT2D eigenvalue weighted by molar-refractivity contribution is -0.116. The van der Waals surface area contributed by atoms with Crippen molar-refractivity contribution in [2.24, 2.45) is 0 Å². The van der Waals surface area contributed by atoms with Crippen LogP contribution in [0.25, 0.3) is 11.1 Å². The van der Waals surface area contributed by atoms with Crippen molar-refractivity contribution in [3.8, 4) is 11.1 Å². The van der Waals surface area contributed by atoms with Crippen LogP contribution in [0.4, 0.5) is 5.69 Å². The summed E-state index contributed by atoms with van der Waals surface area (Å²) in [5.41, 5.74) is 5.60. The molecule has 0 atom stereocenters. The van der Waals surface area contributed by atoms with Gasteiger partial charge in [-0.3, -0.25) is 4.79 Å². The van der Waals surface area contributed by atoms with Crippen molar-refractivity contribution in [2.45, 2.75) is 20.8 Å². The number of aryl methyl sites for hydroxylation is 2. The molecule has 0 aliphatic heterocycles. The normalized spacial score (nSPS) is 10.3. The molecule has 0 heterocycles. The Bertz CT molecular complexity index is 599. The largest absolute Gasteiger partial charge is 0.315 e. The molecule has 2 aromatic rings. The molecule has 0 saturated heterocycles. The highest BCUT2D eigenvalue weighted by Crippen LogP contribution is 2.31. The van der Waals surface area contributed by atoms with E-state index >= 15 is 0 Å². The van der Waals surface area contributed by atoms with Gasteiger partial charge < -0.3 is 4.90 Å². The number of anilines is 1. The molecule has 98 valence electrons. The van der Waals surface area contributed by atoms with Crippen molar-refractivity contribution < 1.29 is 4.79 Å². The number of rotatable bonds is 2. The molecule has 0 unspecified atom stereocenters. The topological polar surface area (TPSA) is 20.3 Å². The van der Waals surface area contributed by atoms with E-state index < -0.39 is 0 Å². The summed E-state index contributed by atoms with van der Waals surface area (Å²) >= 11 is 0. The summed E-state index contributed by atoms with van der Waals surface area (Å²) < 4.78 is 0. The first-order valence-electron chi connectivity index (χ1n) is 6.41. The highest BCUT2D eigenvalue weighted by atomic mass is 16.2. The molecule has 0 N–H and O–H groups in total. The lowest BCUT2D eigenvalue weighted by Gasteiger charge is -2.20. The Morgan fingerprint density at radius 1 is 0.947 bits per heavy atom. The van der Waals surface area contributed by atoms with Crippen molar-refractivity contribution in [1.82, 2.24) is 0 Å². The van der Waals surface area contributed by atoms with Gasteiger partial charge in [-0.25, -0.2) is 0 Å². The zero-order chi connectivity index (χ0) is 14.0. The van der Waals surface area contributed by atoms with Crippen molar-refractivity contribution >= 4 is 11.6 Å². The first-order chi connectivity index (χ1) is 8.99. The maximum atomic E-state index is 11.6. The Morgan fingerprint density at radius 3 is 2.11 bits per heavy atom. The Morgan fingerprint density at radius 2 is 1.53 bits per heavy atom. The van der Waals surface area contributed by atoms with Crippen LogP contribution >= 0.6 is 0 Å². The fourth-order valence-electron chi connectivity index (χ4n) is 2.08. The van der Waals surface area contributed by atoms with Gasteiger partial charge in [-0.2, -0.15) is 0 Å². The SMILES string of the molecule is CC(=O)N(C)c1ccc(C)cc1-c1ccc(C)cc1. The van der Waals surface area contributed by atoms with Gasteiger partial charge in [-0.05, 0) is 31.5 Å². The van der Waals surface area contributed by atoms with Gasteiger partial charge in [0.1, 0.15) is 0 Å². The number of hydrogen-bond donors (Lipinski definition) is 0. The highest BCUT2D eigenvalue weighted by molar-refractivity contribution is 5.96. The number of benzene rings is 2. The van der Waals surface area contributed by atoms with E-state index in [1.807, 2.05) is 19.2 Å². The first-order valence-corrected chi connectivity index (χ1v) is 6.41. The summed E-state index contributed by atoms with van der Waals surface area (Å²) in [6.07, 6.45) is 0. The average molecular weight is 253 g/mol. The molecule has 0 aromatic heterocycles. The van der Waals surface area contributed by atoms with Gasteiger partial charge in [0.2, 0.25) is 5.91 Å². The molecule has 0 fully saturated rings. The molecule has 0 aliphatic carbocycles. The second kappa shape index (κ2) is 5.27. The number of carbonyl (C=O) groups excluding carboxylic acids is 1. The summed E-state index contributed by atoms with van der Waals surface area (Å²) in [6.45, 7) is 5.72. The van der Waals surface area contributed by atoms with Crippen LogP contribution in [0, 0.1) is 13.8 Å². The fourth-order valence-corrected chi connectivity index (χ4v) is 2.08. The number of nitrogens with zero attached hydrogens (tertiary/aromatic N) is 1. The summed E-state index contributed by atoms with van der Waals surface area (Å²) in [7, 11) is 1.81. The molecule has 0 radical (unpaired) electrons. The zero-order valence-electron chi connectivity index (χ0n) is 11.9. The summed E-state index contributed by atoms with van der Waals surface area (Å²) in [5, 5.41) is 0. The maximum Gasteiger partial charge on any atom is 0.223 e. The molecule has 0 saturated carbocycles. The Hall–Kier alpha value is -2.09. The Balaban J connectivity index is 2.57. The number of hydrogen-bond acceptors (Lipinski definition) is 1. The second-order valence-electron chi connectivity index (χ2n) is 4.96. The molecule has 0 aliphatic rings. The van der Waals surface area contributed by atoms with Gasteiger partial charge in [-0.1, -0.05) is 41.5 Å². The predicted octanol–water partition coefficient (Wildman–Crippen LogP) is 3.95. The molecule has 19 heavy (non-hydrogen) atoms. The fraction of sp³-hybridized carbons (Fsp3) is 0.235. The van der Waals surface area contributed by atoms with E-state index in [0.29, 0.717) is 0 Å². The quantitative estimate of drug-likeness (QED) is 0.793. The van der Waals surface area contributed by atoms with Gasteiger partial charge >= 0.3 is 0 Å². The van der Waals surface area contributed by atoms with Crippen LogP contribution in [0.5, 0.6) is 0 Å². The lowest BCUT2D eigenvalue weighted by Crippen LogP contribution is -2.23. The van der Waals surface area contributed by atoms with Gasteiger partial charge in [-0.15, -0.1) is 0 Å². The molecule has 2 rings (SSSR count). The van der Waals surface area contributed by atoms with Crippen LogP contribution in [0.1, 0.15) is 18.1 Å². The van der Waals surface area contributed by atoms with Crippen molar-refractivity contribution in [2.75, 3.05) is 11.9 Å². The zero-order valence-corrected chi connectivity index (χ0v) is 11.9. The summed E-state index contributed by atoms with van der Waals surface area (Å²) in [4.78, 5) is 13.3. The second-order valence-corrected chi connectivity index (χ2v) is 4.96. The van der Waals surface area contributed by atoms with Crippen molar-refractivity contribution in [3.63, 3.8) is 0 Å². The number of carbonyl (C=O) groups is 1. The van der Waals surface area contributed by atoms with E-state index in [0.717, 1.165) is 16.8 Å². The van der Waals surface area contributed by atoms with E-state index in [9.17, 15) is 4.79 Å². The predicted molar refractivity (Wildman–Crippen MR) is 80.4 cm³/mol. The summed E-state index contributed by atoms with van der Waals surface area (Å²) in [5.74, 6) is 0.0391. The van der Waals surface area contributed by atoms with Gasteiger partial charge in [0.15, 0.2) is 0 Å². The molecule has 0 bridgehead atoms. The molecule has 2 heteroatoms. The minimum absolute atomic E-state index is 0.0391. The van der Waals surface area contributed by atoms with Crippen LogP contribution in [0.15, 0.2) is 42.5 Å². The minimum atomic E-state index is 0.0391. The smallest absolute Gasteiger partial charge is 0.223 e. The van der Waals surface area contributed by atoms with E-state index in [4.69, 9.17) is 0 Å². The van der Waals surface area contributed by atoms with Crippen molar-refractivity contribution in [3.05, 3.63) is 53.6 Å². The monoisotopic (exact) mass is 253 g/mol. The molecule has 1 amide bonds. The van der Waals surface area contributed by atoms with Crippen LogP contribution in [0.2, 0.25) is 0 Å². The summed E-state index contributed by atoms with van der Waals surface area (Å²) in [6, 6.07) is 14.5. The van der Waals surface area contributed by atoms with Crippen LogP contribution in [0.3, 0.4) is 0 Å². The minimum Gasteiger partial charge on any atom is -0.315 e. The molecule has 2 nitrogen and oxygen atoms in total. The van der Waals surface area contributed by atoms with E-state index in [-0.39, 0.29) is 5.91 Å². The van der Waals surface area contributed by atoms with Gasteiger partial charge in [0.05, 0.1) is 5.69 Å². The van der Waals surface area contributed by atoms with E-state index in [1.54, 1.807) is 11.8 Å². The van der Waals surface area contributed by atoms with Crippen LogP contribution in [-0.2, 0) is 4.79 Å². The Labute approximate surface area is 114 Å². The maximum absolute atomic E-state index is 11.6. The first kappa shape index (κ1) is 13.3. The van der Waals surface area contributed by atoms with E-state index in [1.165, 1.54) is 11.1 Å². The third-order valence-corrected chi connectivity index (χ3v) is 3.35. The van der Waals surface area contributed by atoms with Crippen molar-refractivity contribution in [1.29, 1.82) is 0 Å². The molecular weight excluding hydrogens is 234 g/mol. The lowest BCUT2D eigenvalue weighted by atomic mass is 9.99. The molecule has 2 aromatic carbocycles. The third kappa shape index (κ3) is 2.84. The average Bonchev–Trinajstić information content (AvgIpc) is 2.38. The molecule has 0 spiro atoms. The molecular formula is C17H19NO. The van der Waals surface area contributed by atoms with Crippen LogP contribution < -0.4 is 4.90 Å². The van der Waals surface area contributed by atoms with E-state index in [2.05, 4.69) is 44.2 Å². The standard InChI is InChI=1S/C17H19NO/c1-12-5-8-15(9-6-12)16-11-13(2)7-10-17(16)18(4)14(3)19/h5-11H,1-4H3. The highest BCUT2D eigenvalue weighted by Gasteiger charge is 2.12. The van der Waals surface area contributed by atoms with Gasteiger partial charge in [0.25, 0.3) is 0 Å². The Kier molecular flexibility index (Phi) is 3.70. The number of amides is 1. The third-order valence-electron chi connectivity index (χ3n) is 3.35. The van der Waals surface area contributed by atoms with Crippen LogP contribution in [-0.4, -0.2) is 13.0 Å².